The Labute approximate surface area is 170 Å². The molecule has 0 spiro atoms. The third-order valence-corrected chi connectivity index (χ3v) is 11.3. The van der Waals surface area contributed by atoms with Gasteiger partial charge in [-0.25, -0.2) is 0 Å². The van der Waals surface area contributed by atoms with E-state index in [0.29, 0.717) is 0 Å². The summed E-state index contributed by atoms with van der Waals surface area (Å²) in [4.78, 5) is 0. The van der Waals surface area contributed by atoms with Crippen molar-refractivity contribution in [3.05, 3.63) is 0 Å². The van der Waals surface area contributed by atoms with E-state index in [1.54, 1.807) is 89.9 Å². The van der Waals surface area contributed by atoms with Crippen LogP contribution in [0.15, 0.2) is 0 Å². The van der Waals surface area contributed by atoms with Crippen molar-refractivity contribution in [2.75, 3.05) is 6.16 Å². The van der Waals surface area contributed by atoms with Crippen molar-refractivity contribution in [3.63, 3.8) is 0 Å². The van der Waals surface area contributed by atoms with Crippen molar-refractivity contribution >= 4 is 9.24 Å². The van der Waals surface area contributed by atoms with Crippen LogP contribution >= 0.6 is 9.24 Å². The molecule has 0 aromatic heterocycles. The normalized spacial score (nSPS) is 53.2. The van der Waals surface area contributed by atoms with Crippen LogP contribution in [0.1, 0.15) is 103 Å². The average Bonchev–Trinajstić information content (AvgIpc) is 2.59. The summed E-state index contributed by atoms with van der Waals surface area (Å²) in [7, 11) is 2.96. The van der Waals surface area contributed by atoms with E-state index in [2.05, 4.69) is 9.24 Å². The number of rotatable bonds is 7. The molecular weight excluding hydrogens is 343 g/mol. The Balaban J connectivity index is 1.31. The fraction of sp³-hybridized carbons (Fsp3) is 1.00. The maximum absolute atomic E-state index is 2.96. The largest absolute Gasteiger partial charge is 0.138 e. The molecule has 8 rings (SSSR count). The summed E-state index contributed by atoms with van der Waals surface area (Å²) in [6, 6.07) is 0. The van der Waals surface area contributed by atoms with Gasteiger partial charge >= 0.3 is 0 Å². The number of hydrogen-bond donors (Lipinski definition) is 0. The summed E-state index contributed by atoms with van der Waals surface area (Å²) < 4.78 is 0. The molecule has 0 nitrogen and oxygen atoms in total. The summed E-state index contributed by atoms with van der Waals surface area (Å²) >= 11 is 0. The molecule has 0 radical (unpaired) electrons. The Morgan fingerprint density at radius 1 is 0.556 bits per heavy atom. The van der Waals surface area contributed by atoms with Crippen LogP contribution in [0.4, 0.5) is 0 Å². The van der Waals surface area contributed by atoms with E-state index in [0.717, 1.165) is 52.3 Å². The zero-order valence-corrected chi connectivity index (χ0v) is 18.8. The summed E-state index contributed by atoms with van der Waals surface area (Å²) in [6.07, 6.45) is 27.1. The quantitative estimate of drug-likeness (QED) is 0.314. The molecule has 27 heavy (non-hydrogen) atoms. The molecule has 0 heterocycles. The Morgan fingerprint density at radius 3 is 1.26 bits per heavy atom. The van der Waals surface area contributed by atoms with E-state index in [4.69, 9.17) is 0 Å². The Hall–Kier alpha value is 0.430. The molecule has 152 valence electrons. The second kappa shape index (κ2) is 6.72. The highest BCUT2D eigenvalue weighted by molar-refractivity contribution is 7.16. The molecule has 8 aliphatic rings. The van der Waals surface area contributed by atoms with Gasteiger partial charge in [-0.2, -0.15) is 0 Å². The predicted molar refractivity (Wildman–Crippen MR) is 118 cm³/mol. The Morgan fingerprint density at radius 2 is 0.926 bits per heavy atom. The minimum Gasteiger partial charge on any atom is -0.138 e. The predicted octanol–water partition coefficient (Wildman–Crippen LogP) is 7.47. The van der Waals surface area contributed by atoms with Crippen LogP contribution < -0.4 is 0 Å². The van der Waals surface area contributed by atoms with Gasteiger partial charge in [0.2, 0.25) is 0 Å². The van der Waals surface area contributed by atoms with Crippen LogP contribution in [0.2, 0.25) is 0 Å². The molecule has 0 amide bonds. The van der Waals surface area contributed by atoms with Gasteiger partial charge in [-0.3, -0.25) is 0 Å². The molecular formula is C26H43P. The number of unbranched alkanes of at least 4 members (excludes halogenated alkanes) is 2. The second-order valence-corrected chi connectivity index (χ2v) is 13.3. The number of hydrogen-bond acceptors (Lipinski definition) is 0. The molecule has 8 saturated carbocycles. The first-order chi connectivity index (χ1) is 13.2. The first kappa shape index (κ1) is 18.2. The van der Waals surface area contributed by atoms with Crippen LogP contribution in [-0.2, 0) is 0 Å². The molecule has 0 aliphatic heterocycles. The minimum atomic E-state index is 0.807. The van der Waals surface area contributed by atoms with E-state index in [1.165, 1.54) is 19.0 Å². The smallest absolute Gasteiger partial charge is 0.0256 e. The summed E-state index contributed by atoms with van der Waals surface area (Å²) in [6.45, 7) is 0. The molecule has 0 aromatic rings. The standard InChI is InChI=1S/C26H43P/c27-5-3-1-2-4-24(25-12-18-6-19(13-25)8-20(7-18)14-25)26-15-21-9-22(16-26)11-23(10-21)17-26/h18-24H,1-17,27H2. The van der Waals surface area contributed by atoms with Crippen LogP contribution in [0.3, 0.4) is 0 Å². The van der Waals surface area contributed by atoms with Crippen molar-refractivity contribution in [1.29, 1.82) is 0 Å². The monoisotopic (exact) mass is 386 g/mol. The lowest BCUT2D eigenvalue weighted by atomic mass is 9.38. The van der Waals surface area contributed by atoms with Crippen LogP contribution in [-0.4, -0.2) is 6.16 Å². The van der Waals surface area contributed by atoms with Crippen LogP contribution in [0.5, 0.6) is 0 Å². The van der Waals surface area contributed by atoms with Gasteiger partial charge in [-0.1, -0.05) is 12.8 Å². The topological polar surface area (TPSA) is 0 Å². The highest BCUT2D eigenvalue weighted by atomic mass is 31.0. The highest BCUT2D eigenvalue weighted by Crippen LogP contribution is 2.72. The van der Waals surface area contributed by atoms with Crippen molar-refractivity contribution in [2.24, 2.45) is 52.3 Å². The lowest BCUT2D eigenvalue weighted by molar-refractivity contribution is -0.174. The second-order valence-electron chi connectivity index (χ2n) is 12.8. The van der Waals surface area contributed by atoms with E-state index in [-0.39, 0.29) is 0 Å². The van der Waals surface area contributed by atoms with Crippen molar-refractivity contribution in [1.82, 2.24) is 0 Å². The van der Waals surface area contributed by atoms with Gasteiger partial charge in [-0.15, -0.1) is 9.24 Å². The fourth-order valence-electron chi connectivity index (χ4n) is 11.1. The molecule has 1 heteroatoms. The van der Waals surface area contributed by atoms with Gasteiger partial charge in [0.1, 0.15) is 0 Å². The van der Waals surface area contributed by atoms with Gasteiger partial charge in [0.15, 0.2) is 0 Å². The third kappa shape index (κ3) is 3.01. The molecule has 1 atom stereocenters. The maximum Gasteiger partial charge on any atom is -0.0256 e. The molecule has 0 saturated heterocycles. The van der Waals surface area contributed by atoms with Gasteiger partial charge in [-0.05, 0) is 148 Å². The Kier molecular flexibility index (Phi) is 4.53. The fourth-order valence-corrected chi connectivity index (χ4v) is 11.4. The van der Waals surface area contributed by atoms with E-state index < -0.39 is 0 Å². The molecule has 8 bridgehead atoms. The van der Waals surface area contributed by atoms with Crippen molar-refractivity contribution in [3.8, 4) is 0 Å². The third-order valence-electron chi connectivity index (χ3n) is 10.8. The first-order valence-electron chi connectivity index (χ1n) is 12.9. The lowest BCUT2D eigenvalue weighted by Gasteiger charge is -2.67. The van der Waals surface area contributed by atoms with E-state index in [9.17, 15) is 0 Å². The van der Waals surface area contributed by atoms with Gasteiger partial charge in [0.05, 0.1) is 0 Å². The van der Waals surface area contributed by atoms with Crippen molar-refractivity contribution in [2.45, 2.75) is 103 Å². The molecule has 0 N–H and O–H groups in total. The Bertz CT molecular complexity index is 448. The maximum atomic E-state index is 2.96. The van der Waals surface area contributed by atoms with Crippen LogP contribution in [0, 0.1) is 52.3 Å². The van der Waals surface area contributed by atoms with Gasteiger partial charge in [0.25, 0.3) is 0 Å². The van der Waals surface area contributed by atoms with Crippen molar-refractivity contribution < 1.29 is 0 Å². The average molecular weight is 387 g/mol. The van der Waals surface area contributed by atoms with Crippen LogP contribution in [0.25, 0.3) is 0 Å². The molecule has 8 aliphatic carbocycles. The molecule has 0 aromatic carbocycles. The SMILES string of the molecule is PCCCCCC(C12CC3CC(CC(C3)C1)C2)C12CC3CC(CC(C3)C1)C2. The van der Waals surface area contributed by atoms with E-state index in [1.807, 2.05) is 0 Å². The zero-order chi connectivity index (χ0) is 18.1. The van der Waals surface area contributed by atoms with Gasteiger partial charge < -0.3 is 0 Å². The van der Waals surface area contributed by atoms with Gasteiger partial charge in [0, 0.05) is 0 Å². The summed E-state index contributed by atoms with van der Waals surface area (Å²) in [5.41, 5.74) is 1.61. The zero-order valence-electron chi connectivity index (χ0n) is 17.6. The minimum absolute atomic E-state index is 0.807. The molecule has 1 unspecified atom stereocenters. The summed E-state index contributed by atoms with van der Waals surface area (Å²) in [5.74, 6) is 7.95. The lowest BCUT2D eigenvalue weighted by Crippen LogP contribution is -2.58. The molecule has 8 fully saturated rings. The first-order valence-corrected chi connectivity index (χ1v) is 13.7. The van der Waals surface area contributed by atoms with E-state index >= 15 is 0 Å². The highest BCUT2D eigenvalue weighted by Gasteiger charge is 2.62. The summed E-state index contributed by atoms with van der Waals surface area (Å²) in [5, 5.41) is 0.